The second kappa shape index (κ2) is 9.31. The molecular weight excluding hydrogens is 383 g/mol. The zero-order valence-electron chi connectivity index (χ0n) is 18.7. The Bertz CT molecular complexity index is 595. The average molecular weight is 427 g/mol. The lowest BCUT2D eigenvalue weighted by Gasteiger charge is -2.56. The summed E-state index contributed by atoms with van der Waals surface area (Å²) in [6.45, 7) is 5.04. The van der Waals surface area contributed by atoms with Crippen LogP contribution in [0.15, 0.2) is 0 Å². The topological polar surface area (TPSA) is 55.8 Å². The standard InChI is InChI=1S/C24H43O4P/c1-3-4-5-6-17-27-29(25,26)28-22-11-7-9-18-12-13-19-20(23(18)22)14-16-24(2)15-8-10-21(19)24/h18-23H,3-17H2,1-2H3,(H,25,26)/t18?,19-,20+,21+,22?,23+,24+/m1/s1. The Morgan fingerprint density at radius 2 is 1.83 bits per heavy atom. The van der Waals surface area contributed by atoms with Crippen molar-refractivity contribution in [3.05, 3.63) is 0 Å². The highest BCUT2D eigenvalue weighted by molar-refractivity contribution is 7.47. The van der Waals surface area contributed by atoms with Crippen molar-refractivity contribution >= 4 is 7.82 Å². The van der Waals surface area contributed by atoms with E-state index >= 15 is 0 Å². The summed E-state index contributed by atoms with van der Waals surface area (Å²) in [5, 5.41) is 0. The predicted molar refractivity (Wildman–Crippen MR) is 117 cm³/mol. The molecule has 1 N–H and O–H groups in total. The molecule has 4 nitrogen and oxygen atoms in total. The third kappa shape index (κ3) is 4.81. The quantitative estimate of drug-likeness (QED) is 0.332. The summed E-state index contributed by atoms with van der Waals surface area (Å²) < 4.78 is 24.0. The van der Waals surface area contributed by atoms with Gasteiger partial charge in [0.05, 0.1) is 12.7 Å². The van der Waals surface area contributed by atoms with E-state index in [1.807, 2.05) is 0 Å². The summed E-state index contributed by atoms with van der Waals surface area (Å²) in [6, 6.07) is 0. The molecule has 4 aliphatic carbocycles. The fourth-order valence-corrected chi connectivity index (χ4v) is 8.88. The molecule has 29 heavy (non-hydrogen) atoms. The van der Waals surface area contributed by atoms with Gasteiger partial charge in [0.25, 0.3) is 0 Å². The van der Waals surface area contributed by atoms with E-state index in [0.29, 0.717) is 29.8 Å². The smallest absolute Gasteiger partial charge is 0.302 e. The van der Waals surface area contributed by atoms with Crippen molar-refractivity contribution in [3.63, 3.8) is 0 Å². The van der Waals surface area contributed by atoms with Crippen LogP contribution in [0, 0.1) is 35.0 Å². The highest BCUT2D eigenvalue weighted by Crippen LogP contribution is 2.63. The van der Waals surface area contributed by atoms with Gasteiger partial charge in [-0.25, -0.2) is 4.57 Å². The van der Waals surface area contributed by atoms with E-state index in [-0.39, 0.29) is 6.10 Å². The van der Waals surface area contributed by atoms with E-state index in [1.54, 1.807) is 0 Å². The molecular formula is C24H43O4P. The number of hydrogen-bond donors (Lipinski definition) is 1. The van der Waals surface area contributed by atoms with Crippen molar-refractivity contribution in [3.8, 4) is 0 Å². The van der Waals surface area contributed by atoms with Crippen LogP contribution in [0.25, 0.3) is 0 Å². The summed E-state index contributed by atoms with van der Waals surface area (Å²) >= 11 is 0. The van der Waals surface area contributed by atoms with Gasteiger partial charge in [-0.15, -0.1) is 0 Å². The molecule has 0 aliphatic heterocycles. The van der Waals surface area contributed by atoms with Crippen molar-refractivity contribution in [1.29, 1.82) is 0 Å². The summed E-state index contributed by atoms with van der Waals surface area (Å²) in [4.78, 5) is 10.4. The van der Waals surface area contributed by atoms with Crippen molar-refractivity contribution < 1.29 is 18.5 Å². The first-order valence-corrected chi connectivity index (χ1v) is 14.1. The van der Waals surface area contributed by atoms with Gasteiger partial charge in [-0.1, -0.05) is 46.0 Å². The van der Waals surface area contributed by atoms with Crippen molar-refractivity contribution in [2.75, 3.05) is 6.61 Å². The van der Waals surface area contributed by atoms with Crippen LogP contribution in [0.5, 0.6) is 0 Å². The average Bonchev–Trinajstić information content (AvgIpc) is 3.09. The van der Waals surface area contributed by atoms with Crippen LogP contribution in [0.1, 0.15) is 104 Å². The molecule has 0 spiro atoms. The maximum absolute atomic E-state index is 12.7. The number of unbranched alkanes of at least 4 members (excludes halogenated alkanes) is 3. The lowest BCUT2D eigenvalue weighted by Crippen LogP contribution is -2.50. The molecule has 3 unspecified atom stereocenters. The Kier molecular flexibility index (Phi) is 7.16. The van der Waals surface area contributed by atoms with E-state index in [4.69, 9.17) is 9.05 Å². The zero-order chi connectivity index (χ0) is 20.5. The van der Waals surface area contributed by atoms with E-state index in [2.05, 4.69) is 13.8 Å². The highest BCUT2D eigenvalue weighted by atomic mass is 31.2. The molecule has 4 fully saturated rings. The molecule has 4 aliphatic rings. The van der Waals surface area contributed by atoms with Gasteiger partial charge in [-0.05, 0) is 92.8 Å². The normalized spacial score (nSPS) is 43.8. The van der Waals surface area contributed by atoms with Gasteiger partial charge in [0, 0.05) is 0 Å². The predicted octanol–water partition coefficient (Wildman–Crippen LogP) is 7.11. The number of phosphoric ester groups is 1. The van der Waals surface area contributed by atoms with Crippen molar-refractivity contribution in [2.24, 2.45) is 35.0 Å². The molecule has 0 aromatic carbocycles. The van der Waals surface area contributed by atoms with E-state index in [9.17, 15) is 9.46 Å². The van der Waals surface area contributed by atoms with Crippen LogP contribution in [-0.2, 0) is 13.6 Å². The number of hydrogen-bond acceptors (Lipinski definition) is 3. The SMILES string of the molecule is CCCCCCOP(=O)(O)OC1CCCC2CC[C@@H]3[C@H](CC[C@]4(C)CCC[C@@H]34)[C@H]21. The summed E-state index contributed by atoms with van der Waals surface area (Å²) in [6.07, 6.45) is 17.0. The summed E-state index contributed by atoms with van der Waals surface area (Å²) in [7, 11) is -3.96. The van der Waals surface area contributed by atoms with Crippen molar-refractivity contribution in [2.45, 2.75) is 110 Å². The van der Waals surface area contributed by atoms with Gasteiger partial charge in [0.15, 0.2) is 0 Å². The van der Waals surface area contributed by atoms with Gasteiger partial charge in [0.1, 0.15) is 0 Å². The minimum absolute atomic E-state index is 0.0845. The van der Waals surface area contributed by atoms with Crippen LogP contribution < -0.4 is 0 Å². The Morgan fingerprint density at radius 3 is 2.66 bits per heavy atom. The summed E-state index contributed by atoms with van der Waals surface area (Å²) in [5.74, 6) is 3.54. The van der Waals surface area contributed by atoms with Crippen molar-refractivity contribution in [1.82, 2.24) is 0 Å². The van der Waals surface area contributed by atoms with Gasteiger partial charge in [-0.2, -0.15) is 0 Å². The largest absolute Gasteiger partial charge is 0.472 e. The monoisotopic (exact) mass is 426 g/mol. The Balaban J connectivity index is 1.41. The third-order valence-corrected chi connectivity index (χ3v) is 10.2. The second-order valence-corrected chi connectivity index (χ2v) is 12.3. The minimum atomic E-state index is -3.96. The van der Waals surface area contributed by atoms with Crippen LogP contribution in [-0.4, -0.2) is 17.6 Å². The molecule has 0 amide bonds. The third-order valence-electron chi connectivity index (χ3n) is 9.20. The molecule has 0 heterocycles. The first-order chi connectivity index (χ1) is 13.9. The lowest BCUT2D eigenvalue weighted by atomic mass is 9.50. The molecule has 5 heteroatoms. The maximum atomic E-state index is 12.7. The lowest BCUT2D eigenvalue weighted by molar-refractivity contribution is -0.0961. The van der Waals surface area contributed by atoms with E-state index < -0.39 is 7.82 Å². The van der Waals surface area contributed by atoms with Crippen LogP contribution in [0.2, 0.25) is 0 Å². The first-order valence-electron chi connectivity index (χ1n) is 12.6. The van der Waals surface area contributed by atoms with E-state index in [0.717, 1.165) is 50.4 Å². The number of fused-ring (bicyclic) bond motifs is 5. The fourth-order valence-electron chi connectivity index (χ4n) is 7.87. The van der Waals surface area contributed by atoms with E-state index in [1.165, 1.54) is 51.4 Å². The zero-order valence-corrected chi connectivity index (χ0v) is 19.6. The molecule has 8 atom stereocenters. The molecule has 4 rings (SSSR count). The Hall–Kier alpha value is 0.110. The van der Waals surface area contributed by atoms with Gasteiger partial charge >= 0.3 is 7.82 Å². The minimum Gasteiger partial charge on any atom is -0.302 e. The first kappa shape index (κ1) is 22.3. The Labute approximate surface area is 178 Å². The fraction of sp³-hybridized carbons (Fsp3) is 1.00. The van der Waals surface area contributed by atoms with Crippen LogP contribution in [0.3, 0.4) is 0 Å². The van der Waals surface area contributed by atoms with Gasteiger partial charge in [-0.3, -0.25) is 9.05 Å². The molecule has 0 aromatic heterocycles. The molecule has 0 bridgehead atoms. The highest BCUT2D eigenvalue weighted by Gasteiger charge is 2.55. The van der Waals surface area contributed by atoms with Gasteiger partial charge < -0.3 is 4.89 Å². The second-order valence-electron chi connectivity index (χ2n) is 10.9. The number of phosphoric acid groups is 1. The summed E-state index contributed by atoms with van der Waals surface area (Å²) in [5.41, 5.74) is 0.562. The number of rotatable bonds is 8. The van der Waals surface area contributed by atoms with Crippen LogP contribution in [0.4, 0.5) is 0 Å². The molecule has 0 saturated heterocycles. The molecule has 168 valence electrons. The van der Waals surface area contributed by atoms with Crippen LogP contribution >= 0.6 is 7.82 Å². The van der Waals surface area contributed by atoms with Gasteiger partial charge in [0.2, 0.25) is 0 Å². The molecule has 0 aromatic rings. The Morgan fingerprint density at radius 1 is 0.966 bits per heavy atom. The maximum Gasteiger partial charge on any atom is 0.472 e. The molecule has 0 radical (unpaired) electrons. The molecule has 4 saturated carbocycles.